The van der Waals surface area contributed by atoms with Gasteiger partial charge < -0.3 is 10.1 Å². The fourth-order valence-electron chi connectivity index (χ4n) is 2.04. The lowest BCUT2D eigenvalue weighted by molar-refractivity contribution is 0.485. The minimum Gasteiger partial charge on any atom is -0.455 e. The Bertz CT molecular complexity index is 653. The maximum Gasteiger partial charge on any atom is 0.161 e. The van der Waals surface area contributed by atoms with Gasteiger partial charge in [-0.2, -0.15) is 0 Å². The second-order valence-electron chi connectivity index (χ2n) is 5.55. The summed E-state index contributed by atoms with van der Waals surface area (Å²) in [6.07, 6.45) is 0. The summed E-state index contributed by atoms with van der Waals surface area (Å²) in [5, 5.41) is 4.32. The first-order chi connectivity index (χ1) is 10.1. The lowest BCUT2D eigenvalue weighted by atomic mass is 10.1. The van der Waals surface area contributed by atoms with Crippen LogP contribution in [-0.2, 0) is 0 Å². The van der Waals surface area contributed by atoms with Crippen molar-refractivity contribution in [3.63, 3.8) is 0 Å². The topological polar surface area (TPSA) is 33.6 Å². The van der Waals surface area contributed by atoms with Gasteiger partial charge >= 0.3 is 0 Å². The van der Waals surface area contributed by atoms with Crippen LogP contribution in [0, 0.1) is 0 Å². The minimum atomic E-state index is 0.00221. The monoisotopic (exact) mass is 298 g/mol. The van der Waals surface area contributed by atoms with E-state index in [1.165, 1.54) is 0 Å². The second-order valence-corrected chi connectivity index (χ2v) is 6.52. The third-order valence-electron chi connectivity index (χ3n) is 3.07. The number of hydrogen-bond acceptors (Lipinski definition) is 4. The molecule has 0 saturated carbocycles. The summed E-state index contributed by atoms with van der Waals surface area (Å²) in [4.78, 5) is 4.68. The van der Waals surface area contributed by atoms with Gasteiger partial charge in [0.25, 0.3) is 0 Å². The molecule has 1 N–H and O–H groups in total. The zero-order chi connectivity index (χ0) is 14.7. The molecule has 2 aromatic carbocycles. The highest BCUT2D eigenvalue weighted by atomic mass is 32.2. The largest absolute Gasteiger partial charge is 0.455 e. The number of nitrogens with zero attached hydrogens (tertiary/aromatic N) is 1. The number of anilines is 1. The van der Waals surface area contributed by atoms with Gasteiger partial charge in [0, 0.05) is 5.75 Å². The summed E-state index contributed by atoms with van der Waals surface area (Å²) in [7, 11) is 0. The predicted octanol–water partition coefficient (Wildman–Crippen LogP) is 4.77. The SMILES string of the molecule is CC1(C)CSC(Nc2ccccc2Oc2ccccc2)=N1. The number of nitrogens with one attached hydrogen (secondary N) is 1. The zero-order valence-corrected chi connectivity index (χ0v) is 13.0. The molecule has 0 atom stereocenters. The van der Waals surface area contributed by atoms with Crippen LogP contribution < -0.4 is 10.1 Å². The van der Waals surface area contributed by atoms with Gasteiger partial charge in [-0.05, 0) is 38.1 Å². The molecule has 0 radical (unpaired) electrons. The van der Waals surface area contributed by atoms with Crippen molar-refractivity contribution in [3.05, 3.63) is 54.6 Å². The van der Waals surface area contributed by atoms with E-state index in [1.54, 1.807) is 11.8 Å². The average molecular weight is 298 g/mol. The maximum atomic E-state index is 5.94. The molecule has 4 heteroatoms. The molecule has 2 aromatic rings. The Hall–Kier alpha value is -1.94. The molecular formula is C17H18N2OS. The number of amidine groups is 1. The van der Waals surface area contributed by atoms with E-state index in [4.69, 9.17) is 4.74 Å². The van der Waals surface area contributed by atoms with Gasteiger partial charge in [0.15, 0.2) is 10.9 Å². The molecule has 3 rings (SSSR count). The molecule has 1 heterocycles. The third-order valence-corrected chi connectivity index (χ3v) is 4.38. The first kappa shape index (κ1) is 14.0. The molecule has 108 valence electrons. The van der Waals surface area contributed by atoms with E-state index < -0.39 is 0 Å². The van der Waals surface area contributed by atoms with E-state index in [0.717, 1.165) is 28.1 Å². The fourth-order valence-corrected chi connectivity index (χ4v) is 3.09. The van der Waals surface area contributed by atoms with Gasteiger partial charge in [0.1, 0.15) is 5.75 Å². The van der Waals surface area contributed by atoms with Gasteiger partial charge in [0.2, 0.25) is 0 Å². The van der Waals surface area contributed by atoms with E-state index >= 15 is 0 Å². The Labute approximate surface area is 129 Å². The van der Waals surface area contributed by atoms with Crippen molar-refractivity contribution in [2.45, 2.75) is 19.4 Å². The first-order valence-corrected chi connectivity index (χ1v) is 7.93. The third kappa shape index (κ3) is 3.58. The van der Waals surface area contributed by atoms with Crippen LogP contribution in [0.4, 0.5) is 5.69 Å². The zero-order valence-electron chi connectivity index (χ0n) is 12.2. The molecule has 21 heavy (non-hydrogen) atoms. The fraction of sp³-hybridized carbons (Fsp3) is 0.235. The summed E-state index contributed by atoms with van der Waals surface area (Å²) in [5.74, 6) is 2.63. The van der Waals surface area contributed by atoms with Gasteiger partial charge in [-0.3, -0.25) is 4.99 Å². The van der Waals surface area contributed by atoms with E-state index in [0.29, 0.717) is 0 Å². The van der Waals surface area contributed by atoms with Crippen molar-refractivity contribution in [2.24, 2.45) is 4.99 Å². The van der Waals surface area contributed by atoms with Crippen LogP contribution >= 0.6 is 11.8 Å². The molecule has 3 nitrogen and oxygen atoms in total. The van der Waals surface area contributed by atoms with E-state index in [9.17, 15) is 0 Å². The first-order valence-electron chi connectivity index (χ1n) is 6.94. The molecule has 1 aliphatic rings. The van der Waals surface area contributed by atoms with Crippen molar-refractivity contribution in [3.8, 4) is 11.5 Å². The van der Waals surface area contributed by atoms with Crippen LogP contribution in [0.2, 0.25) is 0 Å². The minimum absolute atomic E-state index is 0.00221. The summed E-state index contributed by atoms with van der Waals surface area (Å²) in [6.45, 7) is 4.28. The van der Waals surface area contributed by atoms with Crippen LogP contribution in [0.5, 0.6) is 11.5 Å². The van der Waals surface area contributed by atoms with Gasteiger partial charge in [-0.1, -0.05) is 42.1 Å². The number of thioether (sulfide) groups is 1. The summed E-state index contributed by atoms with van der Waals surface area (Å²) in [6, 6.07) is 17.7. The number of rotatable bonds is 3. The van der Waals surface area contributed by atoms with Gasteiger partial charge in [0.05, 0.1) is 11.2 Å². The smallest absolute Gasteiger partial charge is 0.161 e. The molecule has 0 saturated heterocycles. The van der Waals surface area contributed by atoms with Crippen molar-refractivity contribution in [1.82, 2.24) is 0 Å². The van der Waals surface area contributed by atoms with Crippen LogP contribution in [0.3, 0.4) is 0 Å². The molecule has 0 aromatic heterocycles. The van der Waals surface area contributed by atoms with Gasteiger partial charge in [-0.15, -0.1) is 0 Å². The molecule has 0 amide bonds. The number of aliphatic imine (C=N–C) groups is 1. The highest BCUT2D eigenvalue weighted by Crippen LogP contribution is 2.32. The Morgan fingerprint density at radius 3 is 2.48 bits per heavy atom. The van der Waals surface area contributed by atoms with Crippen LogP contribution in [0.1, 0.15) is 13.8 Å². The van der Waals surface area contributed by atoms with Crippen LogP contribution in [-0.4, -0.2) is 16.5 Å². The average Bonchev–Trinajstić information content (AvgIpc) is 2.81. The molecule has 0 spiro atoms. The van der Waals surface area contributed by atoms with Crippen LogP contribution in [0.15, 0.2) is 59.6 Å². The Morgan fingerprint density at radius 2 is 1.76 bits per heavy atom. The quantitative estimate of drug-likeness (QED) is 0.886. The normalized spacial score (nSPS) is 16.4. The van der Waals surface area contributed by atoms with E-state index in [1.807, 2.05) is 54.6 Å². The van der Waals surface area contributed by atoms with E-state index in [2.05, 4.69) is 24.2 Å². The molecule has 0 unspecified atom stereocenters. The lowest BCUT2D eigenvalue weighted by Gasteiger charge is -2.12. The molecule has 0 aliphatic carbocycles. The molecular weight excluding hydrogens is 280 g/mol. The van der Waals surface area contributed by atoms with Crippen molar-refractivity contribution >= 4 is 22.6 Å². The highest BCUT2D eigenvalue weighted by molar-refractivity contribution is 8.14. The second kappa shape index (κ2) is 5.82. The Balaban J connectivity index is 1.80. The predicted molar refractivity (Wildman–Crippen MR) is 90.6 cm³/mol. The molecule has 0 fully saturated rings. The molecule has 0 bridgehead atoms. The van der Waals surface area contributed by atoms with Crippen molar-refractivity contribution in [2.75, 3.05) is 11.1 Å². The summed E-state index contributed by atoms with van der Waals surface area (Å²) in [5.41, 5.74) is 0.938. The summed E-state index contributed by atoms with van der Waals surface area (Å²) >= 11 is 1.74. The van der Waals surface area contributed by atoms with Gasteiger partial charge in [-0.25, -0.2) is 0 Å². The Morgan fingerprint density at radius 1 is 1.05 bits per heavy atom. The maximum absolute atomic E-state index is 5.94. The standard InChI is InChI=1S/C17H18N2OS/c1-17(2)12-21-16(19-17)18-14-10-6-7-11-15(14)20-13-8-4-3-5-9-13/h3-11H,12H2,1-2H3,(H,18,19). The summed E-state index contributed by atoms with van der Waals surface area (Å²) < 4.78 is 5.94. The Kier molecular flexibility index (Phi) is 3.88. The van der Waals surface area contributed by atoms with Crippen LogP contribution in [0.25, 0.3) is 0 Å². The van der Waals surface area contributed by atoms with Crippen molar-refractivity contribution in [1.29, 1.82) is 0 Å². The number of ether oxygens (including phenoxy) is 1. The number of hydrogen-bond donors (Lipinski definition) is 1. The molecule has 1 aliphatic heterocycles. The number of para-hydroxylation sites is 3. The number of benzene rings is 2. The lowest BCUT2D eigenvalue weighted by Crippen LogP contribution is -2.15. The van der Waals surface area contributed by atoms with E-state index in [-0.39, 0.29) is 5.54 Å². The van der Waals surface area contributed by atoms with Crippen molar-refractivity contribution < 1.29 is 4.74 Å². The highest BCUT2D eigenvalue weighted by Gasteiger charge is 2.25.